The maximum Gasteiger partial charge on any atom is 0.347 e. The molecule has 186 valence electrons. The maximum atomic E-state index is 13.4. The maximum absolute atomic E-state index is 13.4. The number of hydrogen-bond donors (Lipinski definition) is 2. The van der Waals surface area contributed by atoms with Crippen molar-refractivity contribution < 1.29 is 23.5 Å². The van der Waals surface area contributed by atoms with Gasteiger partial charge in [0.05, 0.1) is 28.7 Å². The average molecular weight is 510 g/mol. The van der Waals surface area contributed by atoms with E-state index in [1.54, 1.807) is 19.1 Å². The van der Waals surface area contributed by atoms with E-state index in [0.29, 0.717) is 47.7 Å². The summed E-state index contributed by atoms with van der Waals surface area (Å²) in [5.74, 6) is -1.61. The summed E-state index contributed by atoms with van der Waals surface area (Å²) in [5, 5.41) is 17.8. The SMILES string of the molecule is Cc1nnc(-c2c(CCc3ccc(F)cc3)nc(CC(C)C)c(C(N)=O)c2-c2ncc(C(=O)O)s2)o1. The molecule has 3 aromatic heterocycles. The Kier molecular flexibility index (Phi) is 7.20. The zero-order valence-corrected chi connectivity index (χ0v) is 20.7. The summed E-state index contributed by atoms with van der Waals surface area (Å²) >= 11 is 0.916. The van der Waals surface area contributed by atoms with Crippen molar-refractivity contribution in [3.63, 3.8) is 0 Å². The molecule has 0 radical (unpaired) electrons. The zero-order chi connectivity index (χ0) is 26.0. The highest BCUT2D eigenvalue weighted by molar-refractivity contribution is 7.16. The molecule has 3 heterocycles. The van der Waals surface area contributed by atoms with Crippen LogP contribution in [0.2, 0.25) is 0 Å². The zero-order valence-electron chi connectivity index (χ0n) is 19.9. The first kappa shape index (κ1) is 25.1. The van der Waals surface area contributed by atoms with Crippen LogP contribution >= 0.6 is 11.3 Å². The second-order valence-electron chi connectivity index (χ2n) is 8.68. The third-order valence-electron chi connectivity index (χ3n) is 5.43. The van der Waals surface area contributed by atoms with Crippen molar-refractivity contribution >= 4 is 23.2 Å². The van der Waals surface area contributed by atoms with Gasteiger partial charge in [-0.1, -0.05) is 26.0 Å². The second kappa shape index (κ2) is 10.3. The normalized spacial score (nSPS) is 11.2. The first-order valence-electron chi connectivity index (χ1n) is 11.2. The number of carboxylic acids is 1. The Bertz CT molecular complexity index is 1430. The van der Waals surface area contributed by atoms with Crippen LogP contribution in [-0.4, -0.2) is 37.1 Å². The molecule has 4 aromatic rings. The van der Waals surface area contributed by atoms with Crippen LogP contribution in [0.25, 0.3) is 22.0 Å². The van der Waals surface area contributed by atoms with Crippen LogP contribution in [0.3, 0.4) is 0 Å². The average Bonchev–Trinajstić information content (AvgIpc) is 3.47. The Labute approximate surface area is 210 Å². The van der Waals surface area contributed by atoms with E-state index in [1.807, 2.05) is 13.8 Å². The molecular formula is C25H24FN5O4S. The van der Waals surface area contributed by atoms with Crippen molar-refractivity contribution in [3.8, 4) is 22.0 Å². The number of carbonyl (C=O) groups is 2. The van der Waals surface area contributed by atoms with Crippen molar-refractivity contribution in [2.45, 2.75) is 40.0 Å². The molecule has 4 rings (SSSR count). The van der Waals surface area contributed by atoms with E-state index in [1.165, 1.54) is 18.3 Å². The van der Waals surface area contributed by atoms with Gasteiger partial charge in [-0.05, 0) is 42.9 Å². The van der Waals surface area contributed by atoms with Gasteiger partial charge in [-0.3, -0.25) is 9.78 Å². The number of aryl methyl sites for hydroxylation is 3. The number of aromatic carboxylic acids is 1. The summed E-state index contributed by atoms with van der Waals surface area (Å²) in [5.41, 5.74) is 8.63. The molecule has 0 saturated carbocycles. The first-order chi connectivity index (χ1) is 17.1. The molecule has 1 aromatic carbocycles. The van der Waals surface area contributed by atoms with Crippen molar-refractivity contribution in [2.75, 3.05) is 0 Å². The Balaban J connectivity index is 1.99. The summed E-state index contributed by atoms with van der Waals surface area (Å²) in [6.45, 7) is 5.62. The van der Waals surface area contributed by atoms with Crippen LogP contribution in [0.4, 0.5) is 4.39 Å². The smallest absolute Gasteiger partial charge is 0.347 e. The van der Waals surface area contributed by atoms with E-state index in [-0.39, 0.29) is 33.1 Å². The lowest BCUT2D eigenvalue weighted by Crippen LogP contribution is -2.20. The van der Waals surface area contributed by atoms with Crippen LogP contribution in [0.15, 0.2) is 34.9 Å². The number of thiazole rings is 1. The summed E-state index contributed by atoms with van der Waals surface area (Å²) in [6, 6.07) is 6.17. The third kappa shape index (κ3) is 5.30. The molecule has 11 heteroatoms. The van der Waals surface area contributed by atoms with Crippen molar-refractivity contribution in [1.82, 2.24) is 20.2 Å². The summed E-state index contributed by atoms with van der Waals surface area (Å²) in [6.07, 6.45) is 2.60. The van der Waals surface area contributed by atoms with Crippen molar-refractivity contribution in [3.05, 3.63) is 69.6 Å². The molecule has 0 unspecified atom stereocenters. The summed E-state index contributed by atoms with van der Waals surface area (Å²) in [4.78, 5) is 33.5. The monoisotopic (exact) mass is 509 g/mol. The predicted molar refractivity (Wildman–Crippen MR) is 131 cm³/mol. The van der Waals surface area contributed by atoms with Crippen molar-refractivity contribution in [1.29, 1.82) is 0 Å². The summed E-state index contributed by atoms with van der Waals surface area (Å²) < 4.78 is 19.1. The number of hydrogen-bond acceptors (Lipinski definition) is 8. The number of nitrogens with zero attached hydrogens (tertiary/aromatic N) is 4. The fourth-order valence-electron chi connectivity index (χ4n) is 3.91. The number of carboxylic acid groups (broad SMARTS) is 1. The van der Waals surface area contributed by atoms with Crippen LogP contribution in [0.1, 0.15) is 56.7 Å². The van der Waals surface area contributed by atoms with E-state index in [0.717, 1.165) is 16.9 Å². The molecule has 0 fully saturated rings. The molecule has 0 saturated heterocycles. The number of pyridine rings is 1. The highest BCUT2D eigenvalue weighted by atomic mass is 32.1. The Hall–Kier alpha value is -3.99. The molecule has 36 heavy (non-hydrogen) atoms. The lowest BCUT2D eigenvalue weighted by molar-refractivity contribution is 0.0701. The van der Waals surface area contributed by atoms with Gasteiger partial charge in [-0.15, -0.1) is 21.5 Å². The van der Waals surface area contributed by atoms with E-state index >= 15 is 0 Å². The van der Waals surface area contributed by atoms with Gasteiger partial charge < -0.3 is 15.3 Å². The molecule has 0 atom stereocenters. The topological polar surface area (TPSA) is 145 Å². The lowest BCUT2D eigenvalue weighted by atomic mass is 9.92. The minimum Gasteiger partial charge on any atom is -0.477 e. The van der Waals surface area contributed by atoms with Crippen LogP contribution in [0.5, 0.6) is 0 Å². The molecule has 3 N–H and O–H groups in total. The molecule has 0 bridgehead atoms. The van der Waals surface area contributed by atoms with Gasteiger partial charge >= 0.3 is 5.97 Å². The van der Waals surface area contributed by atoms with E-state index in [4.69, 9.17) is 15.1 Å². The standard InChI is InChI=1S/C25H24FN5O4S/c1-12(2)10-17-19(22(27)32)21(24-28-11-18(36-24)25(33)34)20(23-31-30-13(3)35-23)16(29-17)9-6-14-4-7-15(26)8-5-14/h4-5,7-8,11-12H,6,9-10H2,1-3H3,(H2,27,32)(H,33,34). The molecule has 0 aliphatic heterocycles. The molecular weight excluding hydrogens is 485 g/mol. The Morgan fingerprint density at radius 3 is 2.39 bits per heavy atom. The van der Waals surface area contributed by atoms with Gasteiger partial charge in [0.25, 0.3) is 5.91 Å². The number of aromatic nitrogens is 4. The number of halogens is 1. The van der Waals surface area contributed by atoms with Gasteiger partial charge in [0, 0.05) is 12.5 Å². The number of nitrogens with two attached hydrogens (primary N) is 1. The van der Waals surface area contributed by atoms with Crippen LogP contribution < -0.4 is 5.73 Å². The molecule has 9 nitrogen and oxygen atoms in total. The predicted octanol–water partition coefficient (Wildman–Crippen LogP) is 4.48. The van der Waals surface area contributed by atoms with Gasteiger partial charge in [0.2, 0.25) is 11.8 Å². The van der Waals surface area contributed by atoms with E-state index in [2.05, 4.69) is 15.2 Å². The van der Waals surface area contributed by atoms with Gasteiger partial charge in [0.1, 0.15) is 15.7 Å². The largest absolute Gasteiger partial charge is 0.477 e. The lowest BCUT2D eigenvalue weighted by Gasteiger charge is -2.18. The quantitative estimate of drug-likeness (QED) is 0.336. The van der Waals surface area contributed by atoms with Gasteiger partial charge in [-0.25, -0.2) is 14.2 Å². The molecule has 0 aliphatic rings. The number of benzene rings is 1. The molecule has 0 spiro atoms. The number of carbonyl (C=O) groups excluding carboxylic acids is 1. The minimum atomic E-state index is -1.14. The molecule has 1 amide bonds. The highest BCUT2D eigenvalue weighted by Gasteiger charge is 2.30. The highest BCUT2D eigenvalue weighted by Crippen LogP contribution is 2.40. The number of amides is 1. The number of primary amides is 1. The van der Waals surface area contributed by atoms with Crippen LogP contribution in [0, 0.1) is 18.7 Å². The number of rotatable bonds is 9. The van der Waals surface area contributed by atoms with Gasteiger partial charge in [0.15, 0.2) is 0 Å². The fraction of sp³-hybridized carbons (Fsp3) is 0.280. The molecule has 0 aliphatic carbocycles. The van der Waals surface area contributed by atoms with Crippen molar-refractivity contribution in [2.24, 2.45) is 11.7 Å². The third-order valence-corrected chi connectivity index (χ3v) is 6.43. The first-order valence-corrected chi connectivity index (χ1v) is 12.1. The van der Waals surface area contributed by atoms with E-state index < -0.39 is 11.9 Å². The minimum absolute atomic E-state index is 0.00293. The second-order valence-corrected chi connectivity index (χ2v) is 9.71. The van der Waals surface area contributed by atoms with Crippen LogP contribution in [-0.2, 0) is 19.3 Å². The Morgan fingerprint density at radius 2 is 1.83 bits per heavy atom. The van der Waals surface area contributed by atoms with E-state index in [9.17, 15) is 19.1 Å². The van der Waals surface area contributed by atoms with Gasteiger partial charge in [-0.2, -0.15) is 0 Å². The Morgan fingerprint density at radius 1 is 1.11 bits per heavy atom. The fourth-order valence-corrected chi connectivity index (χ4v) is 4.73. The summed E-state index contributed by atoms with van der Waals surface area (Å²) in [7, 11) is 0.